The number of nitrogens with zero attached hydrogens (tertiary/aromatic N) is 1. The first-order chi connectivity index (χ1) is 7.62. The molecule has 1 fully saturated rings. The third kappa shape index (κ3) is 4.16. The maximum atomic E-state index is 12.1. The van der Waals surface area contributed by atoms with Crippen molar-refractivity contribution in [1.29, 1.82) is 0 Å². The Labute approximate surface area is 103 Å². The molecule has 5 heteroatoms. The summed E-state index contributed by atoms with van der Waals surface area (Å²) in [6, 6.07) is 0. The van der Waals surface area contributed by atoms with E-state index in [-0.39, 0.29) is 13.2 Å². The van der Waals surface area contributed by atoms with Crippen LogP contribution >= 0.6 is 0 Å². The average molecular weight is 245 g/mol. The van der Waals surface area contributed by atoms with Gasteiger partial charge >= 0.3 is 6.09 Å². The fraction of sp³-hybridized carbons (Fsp3) is 0.917. The van der Waals surface area contributed by atoms with Crippen LogP contribution in [0.3, 0.4) is 0 Å². The lowest BCUT2D eigenvalue weighted by molar-refractivity contribution is -0.00736. The van der Waals surface area contributed by atoms with Crippen molar-refractivity contribution in [2.45, 2.75) is 51.9 Å². The van der Waals surface area contributed by atoms with Crippen LogP contribution in [0.5, 0.6) is 0 Å². The first-order valence-corrected chi connectivity index (χ1v) is 5.88. The van der Waals surface area contributed by atoms with Crippen LogP contribution in [0.15, 0.2) is 0 Å². The summed E-state index contributed by atoms with van der Waals surface area (Å²) in [4.78, 5) is 13.6. The van der Waals surface area contributed by atoms with Crippen LogP contribution in [0.1, 0.15) is 34.6 Å². The van der Waals surface area contributed by atoms with Crippen LogP contribution in [0.2, 0.25) is 0 Å². The lowest BCUT2D eigenvalue weighted by atomic mass is 10.1. The minimum Gasteiger partial charge on any atom is -0.444 e. The number of aliphatic hydroxyl groups is 1. The highest BCUT2D eigenvalue weighted by Crippen LogP contribution is 2.22. The molecule has 0 bridgehead atoms. The fourth-order valence-electron chi connectivity index (χ4n) is 1.67. The van der Waals surface area contributed by atoms with E-state index >= 15 is 0 Å². The molecular formula is C12H23NO4. The minimum absolute atomic E-state index is 0.238. The van der Waals surface area contributed by atoms with Gasteiger partial charge in [-0.15, -0.1) is 0 Å². The largest absolute Gasteiger partial charge is 0.444 e. The van der Waals surface area contributed by atoms with E-state index in [1.54, 1.807) is 0 Å². The summed E-state index contributed by atoms with van der Waals surface area (Å²) in [5.74, 6) is 0. The number of carbonyl (C=O) groups excluding carboxylic acids is 1. The Morgan fingerprint density at radius 1 is 1.47 bits per heavy atom. The summed E-state index contributed by atoms with van der Waals surface area (Å²) in [5.41, 5.74) is -1.01. The molecule has 1 heterocycles. The minimum atomic E-state index is -0.663. The molecule has 0 saturated carbocycles. The van der Waals surface area contributed by atoms with E-state index < -0.39 is 23.3 Å². The van der Waals surface area contributed by atoms with Gasteiger partial charge in [0.15, 0.2) is 0 Å². The Bertz CT molecular complexity index is 283. The summed E-state index contributed by atoms with van der Waals surface area (Å²) >= 11 is 0. The van der Waals surface area contributed by atoms with Crippen LogP contribution in [0, 0.1) is 0 Å². The summed E-state index contributed by atoms with van der Waals surface area (Å²) in [6.45, 7) is 10.1. The van der Waals surface area contributed by atoms with Crippen LogP contribution in [-0.2, 0) is 9.47 Å². The molecule has 0 radical (unpaired) electrons. The van der Waals surface area contributed by atoms with Gasteiger partial charge in [0, 0.05) is 0 Å². The second-order valence-electron chi connectivity index (χ2n) is 6.07. The van der Waals surface area contributed by atoms with Crippen LogP contribution in [0.25, 0.3) is 0 Å². The van der Waals surface area contributed by atoms with Crippen molar-refractivity contribution < 1.29 is 19.4 Å². The Hall–Kier alpha value is -0.810. The first-order valence-electron chi connectivity index (χ1n) is 5.88. The zero-order chi connectivity index (χ0) is 13.3. The molecular weight excluding hydrogens is 222 g/mol. The van der Waals surface area contributed by atoms with Crippen LogP contribution < -0.4 is 0 Å². The first kappa shape index (κ1) is 14.3. The summed E-state index contributed by atoms with van der Waals surface area (Å²) in [5, 5.41) is 9.66. The number of hydrogen-bond donors (Lipinski definition) is 1. The molecule has 1 atom stereocenters. The van der Waals surface area contributed by atoms with Gasteiger partial charge in [-0.25, -0.2) is 4.79 Å². The second-order valence-corrected chi connectivity index (χ2v) is 6.07. The van der Waals surface area contributed by atoms with E-state index in [1.165, 1.54) is 4.90 Å². The maximum Gasteiger partial charge on any atom is 0.410 e. The monoisotopic (exact) mass is 245 g/mol. The predicted octanol–water partition coefficient (Wildman–Crippen LogP) is 1.39. The molecule has 0 aromatic rings. The molecule has 0 spiro atoms. The third-order valence-corrected chi connectivity index (χ3v) is 2.50. The van der Waals surface area contributed by atoms with Crippen molar-refractivity contribution in [2.75, 3.05) is 19.8 Å². The number of amides is 1. The van der Waals surface area contributed by atoms with Crippen molar-refractivity contribution in [2.24, 2.45) is 0 Å². The molecule has 17 heavy (non-hydrogen) atoms. The van der Waals surface area contributed by atoms with Gasteiger partial charge in [-0.3, -0.25) is 4.90 Å². The Kier molecular flexibility index (Phi) is 4.04. The van der Waals surface area contributed by atoms with E-state index in [4.69, 9.17) is 9.47 Å². The van der Waals surface area contributed by atoms with E-state index in [1.807, 2.05) is 34.6 Å². The number of rotatable bonds is 0. The highest BCUT2D eigenvalue weighted by atomic mass is 16.6. The van der Waals surface area contributed by atoms with Gasteiger partial charge in [-0.1, -0.05) is 0 Å². The lowest BCUT2D eigenvalue weighted by Gasteiger charge is -2.37. The molecule has 1 saturated heterocycles. The lowest BCUT2D eigenvalue weighted by Crippen LogP contribution is -2.52. The van der Waals surface area contributed by atoms with Crippen molar-refractivity contribution in [3.8, 4) is 0 Å². The van der Waals surface area contributed by atoms with E-state index in [0.29, 0.717) is 6.61 Å². The Balaban J connectivity index is 2.80. The zero-order valence-corrected chi connectivity index (χ0v) is 11.3. The number of aliphatic hydroxyl groups excluding tert-OH is 1. The second kappa shape index (κ2) is 4.82. The molecule has 1 N–H and O–H groups in total. The maximum absolute atomic E-state index is 12.1. The number of hydrogen-bond acceptors (Lipinski definition) is 4. The summed E-state index contributed by atoms with van der Waals surface area (Å²) in [7, 11) is 0. The van der Waals surface area contributed by atoms with Crippen LogP contribution in [0.4, 0.5) is 4.79 Å². The average Bonchev–Trinajstić information content (AvgIpc) is 2.22. The SMILES string of the molecule is CC(C)(C)OC(=O)N1CC(O)COCC1(C)C. The number of β-amino-alcohol motifs (C(OH)–C–C–N with tert-alkyl or cyclic N) is 1. The van der Waals surface area contributed by atoms with Gasteiger partial charge in [0.1, 0.15) is 5.60 Å². The molecule has 1 unspecified atom stereocenters. The highest BCUT2D eigenvalue weighted by molar-refractivity contribution is 5.69. The molecule has 1 aliphatic rings. The molecule has 0 aromatic carbocycles. The van der Waals surface area contributed by atoms with Crippen molar-refractivity contribution in [1.82, 2.24) is 4.90 Å². The molecule has 1 rings (SSSR count). The fourth-order valence-corrected chi connectivity index (χ4v) is 1.67. The van der Waals surface area contributed by atoms with Gasteiger partial charge in [-0.2, -0.15) is 0 Å². The van der Waals surface area contributed by atoms with E-state index in [0.717, 1.165) is 0 Å². The molecule has 0 aromatic heterocycles. The standard InChI is InChI=1S/C12H23NO4/c1-11(2,3)17-10(15)13-6-9(14)7-16-8-12(13,4)5/h9,14H,6-8H2,1-5H3. The van der Waals surface area contributed by atoms with E-state index in [2.05, 4.69) is 0 Å². The van der Waals surface area contributed by atoms with Crippen LogP contribution in [-0.4, -0.2) is 53.1 Å². The third-order valence-electron chi connectivity index (χ3n) is 2.50. The molecule has 1 amide bonds. The molecule has 100 valence electrons. The van der Waals surface area contributed by atoms with Crippen molar-refractivity contribution >= 4 is 6.09 Å². The zero-order valence-electron chi connectivity index (χ0n) is 11.3. The van der Waals surface area contributed by atoms with Gasteiger partial charge in [0.25, 0.3) is 0 Å². The molecule has 1 aliphatic heterocycles. The molecule has 0 aliphatic carbocycles. The van der Waals surface area contributed by atoms with Gasteiger partial charge < -0.3 is 14.6 Å². The van der Waals surface area contributed by atoms with Crippen molar-refractivity contribution in [3.05, 3.63) is 0 Å². The summed E-state index contributed by atoms with van der Waals surface area (Å²) in [6.07, 6.45) is -1.07. The normalized spacial score (nSPS) is 25.3. The topological polar surface area (TPSA) is 59.0 Å². The quantitative estimate of drug-likeness (QED) is 0.700. The smallest absolute Gasteiger partial charge is 0.410 e. The van der Waals surface area contributed by atoms with E-state index in [9.17, 15) is 9.90 Å². The van der Waals surface area contributed by atoms with Gasteiger partial charge in [-0.05, 0) is 34.6 Å². The van der Waals surface area contributed by atoms with Gasteiger partial charge in [0.2, 0.25) is 0 Å². The Morgan fingerprint density at radius 2 is 2.06 bits per heavy atom. The number of ether oxygens (including phenoxy) is 2. The highest BCUT2D eigenvalue weighted by Gasteiger charge is 2.37. The number of carbonyl (C=O) groups is 1. The summed E-state index contributed by atoms with van der Waals surface area (Å²) < 4.78 is 10.7. The Morgan fingerprint density at radius 3 is 2.59 bits per heavy atom. The molecule has 5 nitrogen and oxygen atoms in total. The van der Waals surface area contributed by atoms with Gasteiger partial charge in [0.05, 0.1) is 31.4 Å². The predicted molar refractivity (Wildman–Crippen MR) is 63.8 cm³/mol. The van der Waals surface area contributed by atoms with Crippen molar-refractivity contribution in [3.63, 3.8) is 0 Å².